The van der Waals surface area contributed by atoms with E-state index in [4.69, 9.17) is 0 Å². The molecule has 0 amide bonds. The van der Waals surface area contributed by atoms with Crippen LogP contribution in [0, 0.1) is 5.92 Å². The summed E-state index contributed by atoms with van der Waals surface area (Å²) in [5, 5.41) is 9.62. The summed E-state index contributed by atoms with van der Waals surface area (Å²) in [6, 6.07) is 5.34. The maximum atomic E-state index is 11.4. The standard InChI is InChI=1S/C15H21NO2/c1-11-4-3-7-16(9-11)10-13-5-6-15(18)14(8-13)12(2)17/h5-6,8,11,18H,3-4,7,9-10H2,1-2H3/t11-/m0/s1. The third kappa shape index (κ3) is 3.10. The van der Waals surface area contributed by atoms with Crippen molar-refractivity contribution in [1.29, 1.82) is 0 Å². The summed E-state index contributed by atoms with van der Waals surface area (Å²) < 4.78 is 0. The van der Waals surface area contributed by atoms with Gasteiger partial charge < -0.3 is 5.11 Å². The molecule has 0 bridgehead atoms. The van der Waals surface area contributed by atoms with Gasteiger partial charge in [-0.05, 0) is 49.9 Å². The minimum Gasteiger partial charge on any atom is -0.507 e. The molecule has 1 aliphatic heterocycles. The lowest BCUT2D eigenvalue weighted by Gasteiger charge is -2.30. The summed E-state index contributed by atoms with van der Waals surface area (Å²) in [7, 11) is 0. The van der Waals surface area contributed by atoms with E-state index in [1.54, 1.807) is 6.07 Å². The highest BCUT2D eigenvalue weighted by molar-refractivity contribution is 5.96. The van der Waals surface area contributed by atoms with Crippen LogP contribution in [0.15, 0.2) is 18.2 Å². The van der Waals surface area contributed by atoms with E-state index >= 15 is 0 Å². The second-order valence-electron chi connectivity index (χ2n) is 5.39. The molecule has 1 aromatic rings. The van der Waals surface area contributed by atoms with Gasteiger partial charge in [0.15, 0.2) is 5.78 Å². The lowest BCUT2D eigenvalue weighted by Crippen LogP contribution is -2.33. The van der Waals surface area contributed by atoms with E-state index < -0.39 is 0 Å². The monoisotopic (exact) mass is 247 g/mol. The number of carbonyl (C=O) groups is 1. The molecule has 1 aromatic carbocycles. The van der Waals surface area contributed by atoms with Crippen molar-refractivity contribution >= 4 is 5.78 Å². The van der Waals surface area contributed by atoms with Crippen molar-refractivity contribution in [3.05, 3.63) is 29.3 Å². The lowest BCUT2D eigenvalue weighted by atomic mass is 9.99. The first-order valence-electron chi connectivity index (χ1n) is 6.61. The Balaban J connectivity index is 2.09. The van der Waals surface area contributed by atoms with Gasteiger partial charge in [0.1, 0.15) is 5.75 Å². The zero-order valence-electron chi connectivity index (χ0n) is 11.1. The van der Waals surface area contributed by atoms with Gasteiger partial charge in [0, 0.05) is 13.1 Å². The Hall–Kier alpha value is -1.35. The van der Waals surface area contributed by atoms with Crippen LogP contribution in [0.2, 0.25) is 0 Å². The Labute approximate surface area is 108 Å². The van der Waals surface area contributed by atoms with Crippen LogP contribution in [0.3, 0.4) is 0 Å². The van der Waals surface area contributed by atoms with Crippen molar-refractivity contribution in [1.82, 2.24) is 4.90 Å². The molecule has 1 aliphatic rings. The van der Waals surface area contributed by atoms with Gasteiger partial charge in [0.25, 0.3) is 0 Å². The normalized spacial score (nSPS) is 20.9. The van der Waals surface area contributed by atoms with Gasteiger partial charge >= 0.3 is 0 Å². The Morgan fingerprint density at radius 2 is 2.28 bits per heavy atom. The van der Waals surface area contributed by atoms with E-state index in [1.807, 2.05) is 12.1 Å². The first-order valence-corrected chi connectivity index (χ1v) is 6.61. The number of benzene rings is 1. The predicted molar refractivity (Wildman–Crippen MR) is 71.8 cm³/mol. The number of phenolic OH excluding ortho intramolecular Hbond substituents is 1. The van der Waals surface area contributed by atoms with Crippen molar-refractivity contribution in [3.63, 3.8) is 0 Å². The van der Waals surface area contributed by atoms with Crippen LogP contribution in [-0.4, -0.2) is 28.9 Å². The van der Waals surface area contributed by atoms with Crippen LogP contribution >= 0.6 is 0 Å². The van der Waals surface area contributed by atoms with Gasteiger partial charge in [-0.25, -0.2) is 0 Å². The van der Waals surface area contributed by atoms with Crippen molar-refractivity contribution in [2.24, 2.45) is 5.92 Å². The highest BCUT2D eigenvalue weighted by Gasteiger charge is 2.17. The van der Waals surface area contributed by atoms with E-state index in [1.165, 1.54) is 19.8 Å². The number of hydrogen-bond donors (Lipinski definition) is 1. The van der Waals surface area contributed by atoms with Gasteiger partial charge in [-0.1, -0.05) is 13.0 Å². The SMILES string of the molecule is CC(=O)c1cc(CN2CCC[C@H](C)C2)ccc1O. The zero-order valence-corrected chi connectivity index (χ0v) is 11.1. The Bertz CT molecular complexity index is 442. The van der Waals surface area contributed by atoms with Gasteiger partial charge in [0.05, 0.1) is 5.56 Å². The summed E-state index contributed by atoms with van der Waals surface area (Å²) in [5.74, 6) is 0.753. The van der Waals surface area contributed by atoms with E-state index in [-0.39, 0.29) is 11.5 Å². The lowest BCUT2D eigenvalue weighted by molar-refractivity contribution is 0.101. The molecule has 1 saturated heterocycles. The molecule has 0 aliphatic carbocycles. The number of piperidine rings is 1. The molecule has 0 spiro atoms. The number of Topliss-reactive ketones (excluding diaryl/α,β-unsaturated/α-hetero) is 1. The third-order valence-electron chi connectivity index (χ3n) is 3.59. The van der Waals surface area contributed by atoms with Crippen LogP contribution in [0.25, 0.3) is 0 Å². The largest absolute Gasteiger partial charge is 0.507 e. The molecule has 98 valence electrons. The van der Waals surface area contributed by atoms with E-state index in [9.17, 15) is 9.90 Å². The number of carbonyl (C=O) groups excluding carboxylic acids is 1. The van der Waals surface area contributed by atoms with Gasteiger partial charge in [0.2, 0.25) is 0 Å². The number of phenols is 1. The second-order valence-corrected chi connectivity index (χ2v) is 5.39. The zero-order chi connectivity index (χ0) is 13.1. The molecule has 1 N–H and O–H groups in total. The maximum Gasteiger partial charge on any atom is 0.163 e. The van der Waals surface area contributed by atoms with Gasteiger partial charge in [-0.3, -0.25) is 9.69 Å². The first-order chi connectivity index (χ1) is 8.56. The maximum absolute atomic E-state index is 11.4. The van der Waals surface area contributed by atoms with E-state index in [0.29, 0.717) is 5.56 Å². The van der Waals surface area contributed by atoms with Crippen LogP contribution in [-0.2, 0) is 6.54 Å². The molecule has 2 rings (SSSR count). The predicted octanol–water partition coefficient (Wildman–Crippen LogP) is 2.83. The topological polar surface area (TPSA) is 40.5 Å². The molecule has 1 heterocycles. The molecule has 0 unspecified atom stereocenters. The smallest absolute Gasteiger partial charge is 0.163 e. The summed E-state index contributed by atoms with van der Waals surface area (Å²) in [4.78, 5) is 13.8. The first kappa shape index (κ1) is 13.1. The molecule has 3 nitrogen and oxygen atoms in total. The Morgan fingerprint density at radius 3 is 2.94 bits per heavy atom. The minimum atomic E-state index is -0.0821. The summed E-state index contributed by atoms with van der Waals surface area (Å²) in [6.07, 6.45) is 2.56. The fourth-order valence-corrected chi connectivity index (χ4v) is 2.65. The number of ketones is 1. The molecule has 0 radical (unpaired) electrons. The van der Waals surface area contributed by atoms with Crippen molar-refractivity contribution in [3.8, 4) is 5.75 Å². The van der Waals surface area contributed by atoms with E-state index in [2.05, 4.69) is 11.8 Å². The molecule has 0 saturated carbocycles. The van der Waals surface area contributed by atoms with Crippen LogP contribution in [0.4, 0.5) is 0 Å². The molecule has 1 atom stereocenters. The fourth-order valence-electron chi connectivity index (χ4n) is 2.65. The number of nitrogens with zero attached hydrogens (tertiary/aromatic N) is 1. The highest BCUT2D eigenvalue weighted by Crippen LogP contribution is 2.22. The van der Waals surface area contributed by atoms with Crippen molar-refractivity contribution in [2.75, 3.05) is 13.1 Å². The summed E-state index contributed by atoms with van der Waals surface area (Å²) in [5.41, 5.74) is 1.53. The number of hydrogen-bond acceptors (Lipinski definition) is 3. The molecule has 1 fully saturated rings. The van der Waals surface area contributed by atoms with Crippen molar-refractivity contribution < 1.29 is 9.90 Å². The fraction of sp³-hybridized carbons (Fsp3) is 0.533. The average molecular weight is 247 g/mol. The quantitative estimate of drug-likeness (QED) is 0.835. The minimum absolute atomic E-state index is 0.0817. The molecule has 3 heteroatoms. The molecular formula is C15H21NO2. The molecular weight excluding hydrogens is 226 g/mol. The van der Waals surface area contributed by atoms with E-state index in [0.717, 1.165) is 31.1 Å². The van der Waals surface area contributed by atoms with Crippen LogP contribution < -0.4 is 0 Å². The van der Waals surface area contributed by atoms with Gasteiger partial charge in [-0.2, -0.15) is 0 Å². The number of likely N-dealkylation sites (tertiary alicyclic amines) is 1. The van der Waals surface area contributed by atoms with Gasteiger partial charge in [-0.15, -0.1) is 0 Å². The Morgan fingerprint density at radius 1 is 1.50 bits per heavy atom. The number of rotatable bonds is 3. The third-order valence-corrected chi connectivity index (χ3v) is 3.59. The average Bonchev–Trinajstić information content (AvgIpc) is 2.31. The van der Waals surface area contributed by atoms with Crippen LogP contribution in [0.5, 0.6) is 5.75 Å². The molecule has 0 aromatic heterocycles. The second kappa shape index (κ2) is 5.53. The summed E-state index contributed by atoms with van der Waals surface area (Å²) in [6.45, 7) is 6.88. The Kier molecular flexibility index (Phi) is 4.02. The highest BCUT2D eigenvalue weighted by atomic mass is 16.3. The number of aromatic hydroxyl groups is 1. The molecule has 18 heavy (non-hydrogen) atoms. The summed E-state index contributed by atoms with van der Waals surface area (Å²) >= 11 is 0. The van der Waals surface area contributed by atoms with Crippen molar-refractivity contribution in [2.45, 2.75) is 33.2 Å². The van der Waals surface area contributed by atoms with Crippen LogP contribution in [0.1, 0.15) is 42.6 Å².